The van der Waals surface area contributed by atoms with Crippen molar-refractivity contribution in [2.75, 3.05) is 20.1 Å². The van der Waals surface area contributed by atoms with E-state index in [1.165, 1.54) is 25.7 Å². The van der Waals surface area contributed by atoms with Crippen LogP contribution in [-0.4, -0.2) is 31.1 Å². The van der Waals surface area contributed by atoms with Crippen molar-refractivity contribution in [3.63, 3.8) is 0 Å². The third-order valence-corrected chi connectivity index (χ3v) is 2.26. The first kappa shape index (κ1) is 11.9. The van der Waals surface area contributed by atoms with Crippen molar-refractivity contribution in [2.45, 2.75) is 45.6 Å². The first-order valence-corrected chi connectivity index (χ1v) is 5.14. The third kappa shape index (κ3) is 6.62. The molecule has 0 saturated heterocycles. The van der Waals surface area contributed by atoms with Crippen LogP contribution >= 0.6 is 0 Å². The number of hydrogen-bond acceptors (Lipinski definition) is 2. The molecule has 0 saturated carbocycles. The highest BCUT2D eigenvalue weighted by molar-refractivity contribution is 4.64. The molecule has 1 atom stereocenters. The van der Waals surface area contributed by atoms with E-state index in [0.717, 1.165) is 13.1 Å². The second-order valence-electron chi connectivity index (χ2n) is 3.61. The zero-order valence-corrected chi connectivity index (χ0v) is 8.84. The van der Waals surface area contributed by atoms with Crippen molar-refractivity contribution in [1.29, 1.82) is 0 Å². The molecule has 0 bridgehead atoms. The quantitative estimate of drug-likeness (QED) is 0.594. The van der Waals surface area contributed by atoms with E-state index in [0.29, 0.717) is 6.04 Å². The number of rotatable bonds is 7. The lowest BCUT2D eigenvalue weighted by atomic mass is 10.1. The van der Waals surface area contributed by atoms with E-state index in [1.807, 2.05) is 0 Å². The van der Waals surface area contributed by atoms with Gasteiger partial charge in [0.25, 0.3) is 0 Å². The molecule has 0 aromatic carbocycles. The number of likely N-dealkylation sites (N-methyl/N-ethyl adjacent to an activating group) is 1. The van der Waals surface area contributed by atoms with Crippen LogP contribution in [0.4, 0.5) is 0 Å². The molecule has 0 aromatic heterocycles. The first-order chi connectivity index (χ1) is 5.70. The predicted octanol–water partition coefficient (Wildman–Crippen LogP) is 1.85. The van der Waals surface area contributed by atoms with Gasteiger partial charge in [0.15, 0.2) is 0 Å². The lowest BCUT2D eigenvalue weighted by molar-refractivity contribution is 0.316. The highest BCUT2D eigenvalue weighted by Gasteiger charge is 2.03. The molecule has 0 aliphatic rings. The van der Waals surface area contributed by atoms with E-state index < -0.39 is 0 Å². The molecule has 74 valence electrons. The zero-order valence-electron chi connectivity index (χ0n) is 8.84. The summed E-state index contributed by atoms with van der Waals surface area (Å²) in [5.74, 6) is 0. The fourth-order valence-electron chi connectivity index (χ4n) is 1.28. The fourth-order valence-corrected chi connectivity index (χ4v) is 1.28. The molecule has 1 unspecified atom stereocenters. The molecule has 2 nitrogen and oxygen atoms in total. The van der Waals surface area contributed by atoms with Crippen LogP contribution in [0.5, 0.6) is 0 Å². The Morgan fingerprint density at radius 3 is 2.42 bits per heavy atom. The minimum Gasteiger partial charge on any atom is -0.327 e. The Hall–Kier alpha value is -0.0800. The Morgan fingerprint density at radius 2 is 1.92 bits per heavy atom. The fraction of sp³-hybridized carbons (Fsp3) is 1.00. The van der Waals surface area contributed by atoms with Gasteiger partial charge < -0.3 is 10.6 Å². The average molecular weight is 172 g/mol. The van der Waals surface area contributed by atoms with Crippen LogP contribution in [-0.2, 0) is 0 Å². The molecule has 2 N–H and O–H groups in total. The largest absolute Gasteiger partial charge is 0.327 e. The molecular formula is C10H24N2. The standard InChI is InChI=1S/C10H24N2/c1-4-6-7-8-10(11)9-12(3)5-2/h10H,4-9,11H2,1-3H3. The van der Waals surface area contributed by atoms with Gasteiger partial charge in [0.1, 0.15) is 0 Å². The van der Waals surface area contributed by atoms with E-state index in [-0.39, 0.29) is 0 Å². The Balaban J connectivity index is 3.26. The average Bonchev–Trinajstić information content (AvgIpc) is 2.05. The van der Waals surface area contributed by atoms with Gasteiger partial charge in [0.2, 0.25) is 0 Å². The maximum Gasteiger partial charge on any atom is 0.0167 e. The first-order valence-electron chi connectivity index (χ1n) is 5.14. The Bertz CT molecular complexity index is 93.8. The lowest BCUT2D eigenvalue weighted by Crippen LogP contribution is -2.35. The smallest absolute Gasteiger partial charge is 0.0167 e. The molecular weight excluding hydrogens is 148 g/mol. The van der Waals surface area contributed by atoms with Crippen molar-refractivity contribution >= 4 is 0 Å². The summed E-state index contributed by atoms with van der Waals surface area (Å²) in [6.45, 7) is 6.53. The van der Waals surface area contributed by atoms with Crippen molar-refractivity contribution < 1.29 is 0 Å². The van der Waals surface area contributed by atoms with E-state index in [4.69, 9.17) is 5.73 Å². The summed E-state index contributed by atoms with van der Waals surface area (Å²) in [6.07, 6.45) is 5.08. The monoisotopic (exact) mass is 172 g/mol. The van der Waals surface area contributed by atoms with Gasteiger partial charge in [-0.3, -0.25) is 0 Å². The van der Waals surface area contributed by atoms with Crippen molar-refractivity contribution in [2.24, 2.45) is 5.73 Å². The van der Waals surface area contributed by atoms with E-state index >= 15 is 0 Å². The molecule has 0 fully saturated rings. The summed E-state index contributed by atoms with van der Waals surface area (Å²) in [5, 5.41) is 0. The SMILES string of the molecule is CCCCCC(N)CN(C)CC. The van der Waals surface area contributed by atoms with E-state index in [9.17, 15) is 0 Å². The highest BCUT2D eigenvalue weighted by Crippen LogP contribution is 2.02. The summed E-state index contributed by atoms with van der Waals surface area (Å²) in [4.78, 5) is 2.27. The molecule has 0 aliphatic heterocycles. The van der Waals surface area contributed by atoms with Gasteiger partial charge >= 0.3 is 0 Å². The molecule has 0 radical (unpaired) electrons. The highest BCUT2D eigenvalue weighted by atomic mass is 15.1. The molecule has 0 aliphatic carbocycles. The van der Waals surface area contributed by atoms with Crippen LogP contribution in [0.1, 0.15) is 39.5 Å². The summed E-state index contributed by atoms with van der Waals surface area (Å²) in [6, 6.07) is 0.376. The van der Waals surface area contributed by atoms with Gasteiger partial charge in [-0.15, -0.1) is 0 Å². The van der Waals surface area contributed by atoms with Crippen molar-refractivity contribution in [3.05, 3.63) is 0 Å². The molecule has 2 heteroatoms. The number of nitrogens with zero attached hydrogens (tertiary/aromatic N) is 1. The van der Waals surface area contributed by atoms with Gasteiger partial charge in [-0.25, -0.2) is 0 Å². The lowest BCUT2D eigenvalue weighted by Gasteiger charge is -2.19. The van der Waals surface area contributed by atoms with Crippen molar-refractivity contribution in [1.82, 2.24) is 4.90 Å². The molecule has 0 aromatic rings. The Kier molecular flexibility index (Phi) is 7.51. The maximum absolute atomic E-state index is 5.95. The van der Waals surface area contributed by atoms with Crippen LogP contribution in [0.2, 0.25) is 0 Å². The van der Waals surface area contributed by atoms with Crippen molar-refractivity contribution in [3.8, 4) is 0 Å². The molecule has 0 amide bonds. The summed E-state index contributed by atoms with van der Waals surface area (Å²) >= 11 is 0. The van der Waals surface area contributed by atoms with Gasteiger partial charge in [0.05, 0.1) is 0 Å². The zero-order chi connectivity index (χ0) is 9.40. The van der Waals surface area contributed by atoms with E-state index in [1.54, 1.807) is 0 Å². The Morgan fingerprint density at radius 1 is 1.25 bits per heavy atom. The molecule has 12 heavy (non-hydrogen) atoms. The summed E-state index contributed by atoms with van der Waals surface area (Å²) < 4.78 is 0. The van der Waals surface area contributed by atoms with Gasteiger partial charge in [0, 0.05) is 12.6 Å². The normalized spacial score (nSPS) is 13.8. The van der Waals surface area contributed by atoms with Crippen LogP contribution < -0.4 is 5.73 Å². The van der Waals surface area contributed by atoms with Crippen LogP contribution in [0.15, 0.2) is 0 Å². The third-order valence-electron chi connectivity index (χ3n) is 2.26. The topological polar surface area (TPSA) is 29.3 Å². The van der Waals surface area contributed by atoms with Gasteiger partial charge in [-0.2, -0.15) is 0 Å². The minimum absolute atomic E-state index is 0.376. The number of hydrogen-bond donors (Lipinski definition) is 1. The Labute approximate surface area is 77.1 Å². The molecule has 0 spiro atoms. The minimum atomic E-state index is 0.376. The van der Waals surface area contributed by atoms with Crippen LogP contribution in [0.25, 0.3) is 0 Å². The second-order valence-corrected chi connectivity index (χ2v) is 3.61. The summed E-state index contributed by atoms with van der Waals surface area (Å²) in [5.41, 5.74) is 5.95. The number of nitrogens with two attached hydrogens (primary N) is 1. The number of unbranched alkanes of at least 4 members (excludes halogenated alkanes) is 2. The maximum atomic E-state index is 5.95. The summed E-state index contributed by atoms with van der Waals surface area (Å²) in [7, 11) is 2.12. The van der Waals surface area contributed by atoms with Gasteiger partial charge in [-0.1, -0.05) is 33.1 Å². The van der Waals surface area contributed by atoms with E-state index in [2.05, 4.69) is 25.8 Å². The van der Waals surface area contributed by atoms with Crippen LogP contribution in [0, 0.1) is 0 Å². The van der Waals surface area contributed by atoms with Gasteiger partial charge in [-0.05, 0) is 20.0 Å². The van der Waals surface area contributed by atoms with Crippen LogP contribution in [0.3, 0.4) is 0 Å². The second kappa shape index (κ2) is 7.56. The molecule has 0 heterocycles. The molecule has 0 rings (SSSR count). The predicted molar refractivity (Wildman–Crippen MR) is 55.3 cm³/mol.